The second-order valence-corrected chi connectivity index (χ2v) is 5.70. The minimum atomic E-state index is 0.762. The Balaban J connectivity index is 2.71. The highest BCUT2D eigenvalue weighted by atomic mass is 79.9. The van der Waals surface area contributed by atoms with Gasteiger partial charge in [0.1, 0.15) is 0 Å². The monoisotopic (exact) mass is 340 g/mol. The number of rotatable bonds is 9. The maximum absolute atomic E-state index is 11.2. The second-order valence-electron chi connectivity index (χ2n) is 4.78. The van der Waals surface area contributed by atoms with Crippen LogP contribution in [-0.2, 0) is 0 Å². The minimum Gasteiger partial charge on any atom is -0.371 e. The van der Waals surface area contributed by atoms with Crippen LogP contribution in [0.15, 0.2) is 22.7 Å². The van der Waals surface area contributed by atoms with Crippen LogP contribution in [0.5, 0.6) is 0 Å². The summed E-state index contributed by atoms with van der Waals surface area (Å²) in [6.45, 7) is 11.7. The Morgan fingerprint density at radius 2 is 1.80 bits per heavy atom. The van der Waals surface area contributed by atoms with Gasteiger partial charge in [-0.05, 0) is 51.2 Å². The lowest BCUT2D eigenvalue weighted by atomic mass is 10.1. The first-order valence-electron chi connectivity index (χ1n) is 7.38. The number of halogens is 1. The molecule has 0 heterocycles. The van der Waals surface area contributed by atoms with Crippen LogP contribution >= 0.6 is 15.9 Å². The van der Waals surface area contributed by atoms with Gasteiger partial charge in [-0.3, -0.25) is 4.79 Å². The van der Waals surface area contributed by atoms with Crippen molar-refractivity contribution in [1.29, 1.82) is 0 Å². The maximum Gasteiger partial charge on any atom is 0.152 e. The first-order chi connectivity index (χ1) is 9.65. The zero-order chi connectivity index (χ0) is 15.0. The molecule has 1 aromatic carbocycles. The Bertz CT molecular complexity index is 419. The van der Waals surface area contributed by atoms with E-state index in [9.17, 15) is 4.79 Å². The van der Waals surface area contributed by atoms with Crippen molar-refractivity contribution in [2.45, 2.75) is 27.2 Å². The highest BCUT2D eigenvalue weighted by molar-refractivity contribution is 9.10. The number of carbonyl (C=O) groups excluding carboxylic acids is 1. The average molecular weight is 341 g/mol. The van der Waals surface area contributed by atoms with Gasteiger partial charge in [0.25, 0.3) is 0 Å². The first kappa shape index (κ1) is 17.2. The highest BCUT2D eigenvalue weighted by Gasteiger charge is 2.10. The van der Waals surface area contributed by atoms with Gasteiger partial charge < -0.3 is 9.80 Å². The number of aldehydes is 1. The molecule has 0 saturated heterocycles. The fourth-order valence-corrected chi connectivity index (χ4v) is 2.71. The molecule has 0 aliphatic heterocycles. The Morgan fingerprint density at radius 3 is 2.35 bits per heavy atom. The largest absolute Gasteiger partial charge is 0.371 e. The molecule has 0 amide bonds. The third-order valence-electron chi connectivity index (χ3n) is 3.64. The summed E-state index contributed by atoms with van der Waals surface area (Å²) in [5, 5.41) is 0. The van der Waals surface area contributed by atoms with Crippen LogP contribution in [0.25, 0.3) is 0 Å². The lowest BCUT2D eigenvalue weighted by Gasteiger charge is -2.26. The molecule has 0 spiro atoms. The van der Waals surface area contributed by atoms with E-state index in [1.807, 2.05) is 18.2 Å². The van der Waals surface area contributed by atoms with E-state index in [2.05, 4.69) is 46.5 Å². The predicted molar refractivity (Wildman–Crippen MR) is 89.8 cm³/mol. The molecule has 0 bridgehead atoms. The van der Waals surface area contributed by atoms with Gasteiger partial charge in [-0.25, -0.2) is 0 Å². The Kier molecular flexibility index (Phi) is 7.85. The molecule has 0 N–H and O–H groups in total. The average Bonchev–Trinajstić information content (AvgIpc) is 2.47. The fraction of sp³-hybridized carbons (Fsp3) is 0.562. The summed E-state index contributed by atoms with van der Waals surface area (Å²) in [5.74, 6) is 0. The van der Waals surface area contributed by atoms with Gasteiger partial charge in [-0.1, -0.05) is 29.8 Å². The molecule has 1 rings (SSSR count). The van der Waals surface area contributed by atoms with Gasteiger partial charge in [0, 0.05) is 28.8 Å². The van der Waals surface area contributed by atoms with Crippen LogP contribution < -0.4 is 4.90 Å². The molecule has 4 heteroatoms. The van der Waals surface area contributed by atoms with E-state index >= 15 is 0 Å². The molecule has 0 radical (unpaired) electrons. The van der Waals surface area contributed by atoms with Gasteiger partial charge in [0.05, 0.1) is 0 Å². The molecule has 0 aliphatic carbocycles. The molecular formula is C16H25BrN2O. The molecule has 0 aliphatic rings. The van der Waals surface area contributed by atoms with Crippen LogP contribution in [0.2, 0.25) is 0 Å². The topological polar surface area (TPSA) is 23.6 Å². The van der Waals surface area contributed by atoms with E-state index in [0.717, 1.165) is 61.2 Å². The summed E-state index contributed by atoms with van der Waals surface area (Å²) >= 11 is 3.49. The van der Waals surface area contributed by atoms with Crippen molar-refractivity contribution in [2.75, 3.05) is 37.6 Å². The molecule has 1 aromatic rings. The number of carbonyl (C=O) groups is 1. The van der Waals surface area contributed by atoms with E-state index in [0.29, 0.717) is 0 Å². The Labute approximate surface area is 131 Å². The summed E-state index contributed by atoms with van der Waals surface area (Å²) in [5.41, 5.74) is 1.79. The van der Waals surface area contributed by atoms with Crippen LogP contribution in [0.4, 0.5) is 5.69 Å². The lowest BCUT2D eigenvalue weighted by Crippen LogP contribution is -2.30. The van der Waals surface area contributed by atoms with E-state index in [4.69, 9.17) is 0 Å². The third-order valence-corrected chi connectivity index (χ3v) is 4.13. The van der Waals surface area contributed by atoms with Gasteiger partial charge in [0.15, 0.2) is 6.29 Å². The van der Waals surface area contributed by atoms with Gasteiger partial charge in [-0.15, -0.1) is 0 Å². The molecule has 0 aromatic heterocycles. The Hall–Kier alpha value is -0.870. The smallest absolute Gasteiger partial charge is 0.152 e. The van der Waals surface area contributed by atoms with Crippen molar-refractivity contribution in [3.63, 3.8) is 0 Å². The maximum atomic E-state index is 11.2. The molecule has 20 heavy (non-hydrogen) atoms. The second kappa shape index (κ2) is 9.14. The third kappa shape index (κ3) is 4.91. The van der Waals surface area contributed by atoms with Crippen molar-refractivity contribution in [3.8, 4) is 0 Å². The van der Waals surface area contributed by atoms with E-state index < -0.39 is 0 Å². The van der Waals surface area contributed by atoms with Crippen LogP contribution in [0.3, 0.4) is 0 Å². The van der Waals surface area contributed by atoms with Crippen molar-refractivity contribution in [1.82, 2.24) is 4.90 Å². The molecule has 0 unspecified atom stereocenters. The van der Waals surface area contributed by atoms with Crippen LogP contribution in [0, 0.1) is 0 Å². The quantitative estimate of drug-likeness (QED) is 0.638. The summed E-state index contributed by atoms with van der Waals surface area (Å²) in [6.07, 6.45) is 2.05. The zero-order valence-corrected chi connectivity index (χ0v) is 14.3. The fourth-order valence-electron chi connectivity index (χ4n) is 2.36. The van der Waals surface area contributed by atoms with Crippen molar-refractivity contribution < 1.29 is 4.79 Å². The van der Waals surface area contributed by atoms with Gasteiger partial charge in [-0.2, -0.15) is 0 Å². The molecule has 0 atom stereocenters. The minimum absolute atomic E-state index is 0.762. The highest BCUT2D eigenvalue weighted by Crippen LogP contribution is 2.24. The van der Waals surface area contributed by atoms with Gasteiger partial charge in [0.2, 0.25) is 0 Å². The molecule has 0 saturated carbocycles. The summed E-state index contributed by atoms with van der Waals surface area (Å²) in [7, 11) is 0. The SMILES string of the molecule is CCN(CC)CCCN(CC)c1cc(Br)ccc1C=O. The lowest BCUT2D eigenvalue weighted by molar-refractivity contribution is 0.112. The molecule has 112 valence electrons. The van der Waals surface area contributed by atoms with Crippen molar-refractivity contribution in [3.05, 3.63) is 28.2 Å². The van der Waals surface area contributed by atoms with E-state index in [-0.39, 0.29) is 0 Å². The van der Waals surface area contributed by atoms with Crippen molar-refractivity contribution in [2.24, 2.45) is 0 Å². The molecule has 0 fully saturated rings. The summed E-state index contributed by atoms with van der Waals surface area (Å²) in [6, 6.07) is 5.82. The standard InChI is InChI=1S/C16H25BrN2O/c1-4-18(5-2)10-7-11-19(6-3)16-12-15(17)9-8-14(16)13-20/h8-9,12-13H,4-7,10-11H2,1-3H3. The predicted octanol–water partition coefficient (Wildman–Crippen LogP) is 3.82. The number of anilines is 1. The van der Waals surface area contributed by atoms with E-state index in [1.54, 1.807) is 0 Å². The summed E-state index contributed by atoms with van der Waals surface area (Å²) in [4.78, 5) is 15.9. The van der Waals surface area contributed by atoms with Gasteiger partial charge >= 0.3 is 0 Å². The number of benzene rings is 1. The normalized spacial score (nSPS) is 10.8. The molecular weight excluding hydrogens is 316 g/mol. The number of hydrogen-bond donors (Lipinski definition) is 0. The summed E-state index contributed by atoms with van der Waals surface area (Å²) < 4.78 is 1.01. The van der Waals surface area contributed by atoms with E-state index in [1.165, 1.54) is 0 Å². The zero-order valence-electron chi connectivity index (χ0n) is 12.7. The number of hydrogen-bond acceptors (Lipinski definition) is 3. The number of nitrogens with zero attached hydrogens (tertiary/aromatic N) is 2. The first-order valence-corrected chi connectivity index (χ1v) is 8.17. The van der Waals surface area contributed by atoms with Crippen molar-refractivity contribution >= 4 is 27.9 Å². The van der Waals surface area contributed by atoms with Crippen LogP contribution in [0.1, 0.15) is 37.6 Å². The molecule has 3 nitrogen and oxygen atoms in total. The Morgan fingerprint density at radius 1 is 1.10 bits per heavy atom. The van der Waals surface area contributed by atoms with Crippen LogP contribution in [-0.4, -0.2) is 43.9 Å².